The molecule has 1 aliphatic heterocycles. The van der Waals surface area contributed by atoms with Crippen LogP contribution in [0.5, 0.6) is 0 Å². The topological polar surface area (TPSA) is 63.2 Å². The highest BCUT2D eigenvalue weighted by molar-refractivity contribution is 7.91. The first-order valence-corrected chi connectivity index (χ1v) is 8.62. The second-order valence-electron chi connectivity index (χ2n) is 5.35. The molecule has 0 bridgehead atoms. The van der Waals surface area contributed by atoms with Crippen LogP contribution in [0.3, 0.4) is 0 Å². The summed E-state index contributed by atoms with van der Waals surface area (Å²) in [5, 5.41) is 0.430. The lowest BCUT2D eigenvalue weighted by atomic mass is 10.2. The maximum atomic E-state index is 11.5. The Morgan fingerprint density at radius 1 is 1.32 bits per heavy atom. The van der Waals surface area contributed by atoms with Gasteiger partial charge in [-0.15, -0.1) is 0 Å². The van der Waals surface area contributed by atoms with Crippen molar-refractivity contribution in [1.29, 1.82) is 0 Å². The van der Waals surface area contributed by atoms with Crippen molar-refractivity contribution in [3.63, 3.8) is 0 Å². The van der Waals surface area contributed by atoms with Gasteiger partial charge in [-0.25, -0.2) is 18.4 Å². The van der Waals surface area contributed by atoms with Gasteiger partial charge in [0.2, 0.25) is 0 Å². The molecule has 19 heavy (non-hydrogen) atoms. The molecule has 0 radical (unpaired) electrons. The van der Waals surface area contributed by atoms with Gasteiger partial charge >= 0.3 is 0 Å². The molecule has 1 saturated heterocycles. The molecule has 0 amide bonds. The minimum Gasteiger partial charge on any atom is -0.355 e. The summed E-state index contributed by atoms with van der Waals surface area (Å²) in [7, 11) is -1.01. The maximum Gasteiger partial charge on any atom is 0.152 e. The highest BCUT2D eigenvalue weighted by Gasteiger charge is 2.32. The van der Waals surface area contributed by atoms with Gasteiger partial charge < -0.3 is 4.90 Å². The van der Waals surface area contributed by atoms with Crippen LogP contribution in [0.2, 0.25) is 5.15 Å². The van der Waals surface area contributed by atoms with Gasteiger partial charge in [0.1, 0.15) is 16.8 Å². The Labute approximate surface area is 117 Å². The van der Waals surface area contributed by atoms with Crippen molar-refractivity contribution < 1.29 is 8.42 Å². The van der Waals surface area contributed by atoms with E-state index in [-0.39, 0.29) is 17.5 Å². The molecule has 5 nitrogen and oxygen atoms in total. The summed E-state index contributed by atoms with van der Waals surface area (Å²) in [5.41, 5.74) is 0. The van der Waals surface area contributed by atoms with Gasteiger partial charge in [0.25, 0.3) is 0 Å². The van der Waals surface area contributed by atoms with Crippen LogP contribution in [0.1, 0.15) is 31.0 Å². The third-order valence-electron chi connectivity index (χ3n) is 3.76. The molecule has 0 spiro atoms. The first-order chi connectivity index (χ1) is 8.94. The Kier molecular flexibility index (Phi) is 3.17. The number of anilines is 1. The van der Waals surface area contributed by atoms with Gasteiger partial charge in [-0.1, -0.05) is 11.6 Å². The molecular weight excluding hydrogens is 286 g/mol. The molecule has 1 aliphatic carbocycles. The Bertz CT molecular complexity index is 601. The lowest BCUT2D eigenvalue weighted by Crippen LogP contribution is -2.33. The molecule has 0 aromatic carbocycles. The summed E-state index contributed by atoms with van der Waals surface area (Å²) < 4.78 is 23.1. The van der Waals surface area contributed by atoms with Crippen molar-refractivity contribution in [2.24, 2.45) is 0 Å². The van der Waals surface area contributed by atoms with Gasteiger partial charge in [-0.05, 0) is 19.3 Å². The maximum absolute atomic E-state index is 11.5. The van der Waals surface area contributed by atoms with Gasteiger partial charge in [0.05, 0.1) is 11.5 Å². The van der Waals surface area contributed by atoms with Crippen molar-refractivity contribution in [2.45, 2.75) is 31.2 Å². The monoisotopic (exact) mass is 301 g/mol. The molecule has 1 aromatic rings. The van der Waals surface area contributed by atoms with Crippen LogP contribution in [0, 0.1) is 0 Å². The predicted molar refractivity (Wildman–Crippen MR) is 74.5 cm³/mol. The van der Waals surface area contributed by atoms with E-state index in [0.717, 1.165) is 24.5 Å². The highest BCUT2D eigenvalue weighted by Crippen LogP contribution is 2.39. The minimum absolute atomic E-state index is 0.0111. The summed E-state index contributed by atoms with van der Waals surface area (Å²) >= 11 is 6.03. The first-order valence-electron chi connectivity index (χ1n) is 6.42. The van der Waals surface area contributed by atoms with Crippen molar-refractivity contribution in [1.82, 2.24) is 9.97 Å². The van der Waals surface area contributed by atoms with E-state index >= 15 is 0 Å². The Balaban J connectivity index is 1.85. The van der Waals surface area contributed by atoms with Crippen LogP contribution in [0.4, 0.5) is 5.82 Å². The average Bonchev–Trinajstić information content (AvgIpc) is 3.12. The summed E-state index contributed by atoms with van der Waals surface area (Å²) in [6.45, 7) is 0. The predicted octanol–water partition coefficient (Wildman–Crippen LogP) is 1.63. The van der Waals surface area contributed by atoms with Crippen molar-refractivity contribution >= 4 is 27.3 Å². The molecule has 1 aromatic heterocycles. The lowest BCUT2D eigenvalue weighted by Gasteiger charge is -2.24. The lowest BCUT2D eigenvalue weighted by molar-refractivity contribution is 0.600. The average molecular weight is 302 g/mol. The molecule has 2 heterocycles. The van der Waals surface area contributed by atoms with Crippen LogP contribution in [-0.2, 0) is 9.84 Å². The zero-order valence-corrected chi connectivity index (χ0v) is 12.3. The number of nitrogens with zero attached hydrogens (tertiary/aromatic N) is 3. The molecule has 104 valence electrons. The standard InChI is InChI=1S/C12H16ClN3O2S/c1-16(9-4-5-19(17,18)7-9)11-6-10(13)14-12(15-11)8-2-3-8/h6,8-9H,2-5,7H2,1H3. The summed E-state index contributed by atoms with van der Waals surface area (Å²) in [4.78, 5) is 10.7. The van der Waals surface area contributed by atoms with Crippen LogP contribution >= 0.6 is 11.6 Å². The van der Waals surface area contributed by atoms with Crippen LogP contribution < -0.4 is 4.90 Å². The Morgan fingerprint density at radius 2 is 2.05 bits per heavy atom. The summed E-state index contributed by atoms with van der Waals surface area (Å²) in [5.74, 6) is 2.40. The number of sulfone groups is 1. The van der Waals surface area contributed by atoms with E-state index in [1.807, 2.05) is 11.9 Å². The van der Waals surface area contributed by atoms with E-state index in [0.29, 0.717) is 17.5 Å². The summed E-state index contributed by atoms with van der Waals surface area (Å²) in [6.07, 6.45) is 2.88. The van der Waals surface area contributed by atoms with E-state index < -0.39 is 9.84 Å². The first kappa shape index (κ1) is 13.1. The summed E-state index contributed by atoms with van der Waals surface area (Å²) in [6, 6.07) is 1.70. The van der Waals surface area contributed by atoms with E-state index in [4.69, 9.17) is 11.6 Å². The molecular formula is C12H16ClN3O2S. The van der Waals surface area contributed by atoms with E-state index in [2.05, 4.69) is 9.97 Å². The van der Waals surface area contributed by atoms with Gasteiger partial charge in [0, 0.05) is 25.1 Å². The third kappa shape index (κ3) is 2.84. The number of hydrogen-bond donors (Lipinski definition) is 0. The molecule has 2 aliphatic rings. The SMILES string of the molecule is CN(c1cc(Cl)nc(C2CC2)n1)C1CCS(=O)(=O)C1. The molecule has 1 saturated carbocycles. The largest absolute Gasteiger partial charge is 0.355 e. The fourth-order valence-electron chi connectivity index (χ4n) is 2.40. The number of rotatable bonds is 3. The van der Waals surface area contributed by atoms with E-state index in [1.54, 1.807) is 6.07 Å². The molecule has 0 N–H and O–H groups in total. The molecule has 1 atom stereocenters. The number of hydrogen-bond acceptors (Lipinski definition) is 5. The van der Waals surface area contributed by atoms with E-state index in [9.17, 15) is 8.42 Å². The van der Waals surface area contributed by atoms with Crippen LogP contribution in [0.25, 0.3) is 0 Å². The van der Waals surface area contributed by atoms with Crippen LogP contribution in [-0.4, -0.2) is 43.0 Å². The highest BCUT2D eigenvalue weighted by atomic mass is 35.5. The molecule has 3 rings (SSSR count). The van der Waals surface area contributed by atoms with Gasteiger partial charge in [-0.3, -0.25) is 0 Å². The molecule has 1 unspecified atom stereocenters. The second kappa shape index (κ2) is 4.59. The fraction of sp³-hybridized carbons (Fsp3) is 0.667. The van der Waals surface area contributed by atoms with Gasteiger partial charge in [0.15, 0.2) is 9.84 Å². The zero-order chi connectivity index (χ0) is 13.6. The number of halogens is 1. The van der Waals surface area contributed by atoms with Crippen molar-refractivity contribution in [3.05, 3.63) is 17.0 Å². The molecule has 2 fully saturated rings. The van der Waals surface area contributed by atoms with Gasteiger partial charge in [-0.2, -0.15) is 0 Å². The quantitative estimate of drug-likeness (QED) is 0.794. The third-order valence-corrected chi connectivity index (χ3v) is 5.70. The minimum atomic E-state index is -2.89. The number of aromatic nitrogens is 2. The normalized spacial score (nSPS) is 25.5. The second-order valence-corrected chi connectivity index (χ2v) is 7.97. The van der Waals surface area contributed by atoms with Crippen LogP contribution in [0.15, 0.2) is 6.07 Å². The fourth-order valence-corrected chi connectivity index (χ4v) is 4.35. The smallest absolute Gasteiger partial charge is 0.152 e. The Morgan fingerprint density at radius 3 is 2.63 bits per heavy atom. The van der Waals surface area contributed by atoms with Crippen molar-refractivity contribution in [3.8, 4) is 0 Å². The Hall–Kier alpha value is -0.880. The molecule has 7 heteroatoms. The van der Waals surface area contributed by atoms with Crippen molar-refractivity contribution in [2.75, 3.05) is 23.5 Å². The zero-order valence-electron chi connectivity index (χ0n) is 10.7. The van der Waals surface area contributed by atoms with E-state index in [1.165, 1.54) is 0 Å².